The molecule has 0 fully saturated rings. The Balaban J connectivity index is 2.16. The first-order valence-corrected chi connectivity index (χ1v) is 6.53. The van der Waals surface area contributed by atoms with Gasteiger partial charge < -0.3 is 13.9 Å². The van der Waals surface area contributed by atoms with Crippen molar-refractivity contribution in [2.75, 3.05) is 13.9 Å². The summed E-state index contributed by atoms with van der Waals surface area (Å²) >= 11 is 0. The number of fused-ring (bicyclic) bond motifs is 2. The predicted molar refractivity (Wildman–Crippen MR) is 74.5 cm³/mol. The van der Waals surface area contributed by atoms with E-state index in [1.165, 1.54) is 26.2 Å². The van der Waals surface area contributed by atoms with Gasteiger partial charge in [-0.25, -0.2) is 0 Å². The summed E-state index contributed by atoms with van der Waals surface area (Å²) in [7, 11) is 1.45. The molecule has 112 valence electrons. The lowest BCUT2D eigenvalue weighted by atomic mass is 9.88. The Bertz CT molecular complexity index is 799. The van der Waals surface area contributed by atoms with Crippen molar-refractivity contribution in [1.29, 1.82) is 0 Å². The van der Waals surface area contributed by atoms with Gasteiger partial charge in [0.25, 0.3) is 0 Å². The lowest BCUT2D eigenvalue weighted by molar-refractivity contribution is 0.0501. The van der Waals surface area contributed by atoms with E-state index in [0.29, 0.717) is 0 Å². The SMILES string of the molecule is COCOc1cccc2c1C(=O)c1cc(C(C)=O)oc1C2=O. The van der Waals surface area contributed by atoms with Crippen LogP contribution in [0, 0.1) is 0 Å². The zero-order chi connectivity index (χ0) is 15.9. The summed E-state index contributed by atoms with van der Waals surface area (Å²) in [5.41, 5.74) is 0.430. The van der Waals surface area contributed by atoms with E-state index in [1.807, 2.05) is 0 Å². The molecule has 0 spiro atoms. The molecule has 0 radical (unpaired) electrons. The third-order valence-corrected chi connectivity index (χ3v) is 3.36. The number of benzene rings is 1. The van der Waals surface area contributed by atoms with E-state index in [2.05, 4.69) is 0 Å². The summed E-state index contributed by atoms with van der Waals surface area (Å²) in [5, 5.41) is 0. The standard InChI is InChI=1S/C16H12O6/c1-8(17)12-6-10-14(18)13-9(15(19)16(10)22-12)4-3-5-11(13)21-7-20-2/h3-6H,7H2,1-2H3. The molecule has 0 atom stereocenters. The smallest absolute Gasteiger partial charge is 0.229 e. The van der Waals surface area contributed by atoms with Crippen LogP contribution in [0.3, 0.4) is 0 Å². The quantitative estimate of drug-likeness (QED) is 0.543. The molecule has 1 aromatic heterocycles. The fraction of sp³-hybridized carbons (Fsp3) is 0.188. The molecule has 1 aliphatic rings. The summed E-state index contributed by atoms with van der Waals surface area (Å²) in [4.78, 5) is 36.5. The third-order valence-electron chi connectivity index (χ3n) is 3.36. The molecule has 1 aromatic carbocycles. The first kappa shape index (κ1) is 14.2. The molecular formula is C16H12O6. The van der Waals surface area contributed by atoms with Gasteiger partial charge in [-0.3, -0.25) is 14.4 Å². The molecule has 0 saturated heterocycles. The van der Waals surface area contributed by atoms with Crippen molar-refractivity contribution in [1.82, 2.24) is 0 Å². The van der Waals surface area contributed by atoms with Gasteiger partial charge in [0, 0.05) is 19.6 Å². The maximum Gasteiger partial charge on any atom is 0.229 e. The number of carbonyl (C=O) groups excluding carboxylic acids is 3. The Morgan fingerprint density at radius 3 is 2.64 bits per heavy atom. The molecule has 6 heteroatoms. The minimum Gasteiger partial charge on any atom is -0.467 e. The van der Waals surface area contributed by atoms with E-state index in [1.54, 1.807) is 12.1 Å². The van der Waals surface area contributed by atoms with Crippen LogP contribution in [-0.2, 0) is 4.74 Å². The van der Waals surface area contributed by atoms with E-state index in [-0.39, 0.29) is 46.5 Å². The van der Waals surface area contributed by atoms with Crippen molar-refractivity contribution in [3.8, 4) is 5.75 Å². The van der Waals surface area contributed by atoms with Gasteiger partial charge in [-0.1, -0.05) is 6.07 Å². The number of hydrogen-bond donors (Lipinski definition) is 0. The maximum atomic E-state index is 12.6. The summed E-state index contributed by atoms with van der Waals surface area (Å²) in [6.45, 7) is 1.26. The highest BCUT2D eigenvalue weighted by Crippen LogP contribution is 2.34. The van der Waals surface area contributed by atoms with Crippen LogP contribution < -0.4 is 4.74 Å². The predicted octanol–water partition coefficient (Wildman–Crippen LogP) is 2.24. The fourth-order valence-corrected chi connectivity index (χ4v) is 2.36. The van der Waals surface area contributed by atoms with E-state index in [4.69, 9.17) is 13.9 Å². The highest BCUT2D eigenvalue weighted by molar-refractivity contribution is 6.28. The van der Waals surface area contributed by atoms with E-state index < -0.39 is 11.6 Å². The maximum absolute atomic E-state index is 12.6. The lowest BCUT2D eigenvalue weighted by Crippen LogP contribution is -2.20. The van der Waals surface area contributed by atoms with Gasteiger partial charge in [-0.15, -0.1) is 0 Å². The van der Waals surface area contributed by atoms with Gasteiger partial charge in [0.1, 0.15) is 5.75 Å². The Labute approximate surface area is 125 Å². The number of rotatable bonds is 4. The number of furan rings is 1. The second kappa shape index (κ2) is 5.23. The molecule has 0 saturated carbocycles. The van der Waals surface area contributed by atoms with Crippen molar-refractivity contribution in [2.24, 2.45) is 0 Å². The number of carbonyl (C=O) groups is 3. The van der Waals surface area contributed by atoms with Crippen LogP contribution in [0.5, 0.6) is 5.75 Å². The highest BCUT2D eigenvalue weighted by atomic mass is 16.7. The Hall–Kier alpha value is -2.73. The van der Waals surface area contributed by atoms with E-state index >= 15 is 0 Å². The Morgan fingerprint density at radius 2 is 1.95 bits per heavy atom. The minimum atomic E-state index is -0.444. The summed E-state index contributed by atoms with van der Waals surface area (Å²) < 4.78 is 15.4. The molecule has 6 nitrogen and oxygen atoms in total. The Kier molecular flexibility index (Phi) is 3.38. The van der Waals surface area contributed by atoms with Gasteiger partial charge in [0.15, 0.2) is 24.1 Å². The number of ketones is 3. The normalized spacial score (nSPS) is 12.8. The van der Waals surface area contributed by atoms with Crippen LogP contribution >= 0.6 is 0 Å². The average Bonchev–Trinajstić information content (AvgIpc) is 2.96. The van der Waals surface area contributed by atoms with Crippen LogP contribution in [0.1, 0.15) is 49.5 Å². The van der Waals surface area contributed by atoms with Gasteiger partial charge in [-0.05, 0) is 18.2 Å². The molecule has 0 amide bonds. The zero-order valence-electron chi connectivity index (χ0n) is 12.0. The van der Waals surface area contributed by atoms with Crippen molar-refractivity contribution in [2.45, 2.75) is 6.92 Å². The van der Waals surface area contributed by atoms with Crippen molar-refractivity contribution in [3.05, 3.63) is 52.5 Å². The fourth-order valence-electron chi connectivity index (χ4n) is 2.36. The van der Waals surface area contributed by atoms with E-state index in [9.17, 15) is 14.4 Å². The van der Waals surface area contributed by atoms with Crippen molar-refractivity contribution in [3.63, 3.8) is 0 Å². The molecule has 1 heterocycles. The molecule has 0 N–H and O–H groups in total. The molecule has 0 aliphatic heterocycles. The number of methoxy groups -OCH3 is 1. The third kappa shape index (κ3) is 2.05. The number of hydrogen-bond acceptors (Lipinski definition) is 6. The van der Waals surface area contributed by atoms with Crippen LogP contribution in [0.4, 0.5) is 0 Å². The second-order valence-electron chi connectivity index (χ2n) is 4.80. The molecule has 0 bridgehead atoms. The highest BCUT2D eigenvalue weighted by Gasteiger charge is 2.36. The summed E-state index contributed by atoms with van der Waals surface area (Å²) in [5.74, 6) is -1.07. The summed E-state index contributed by atoms with van der Waals surface area (Å²) in [6.07, 6.45) is 0. The largest absolute Gasteiger partial charge is 0.467 e. The topological polar surface area (TPSA) is 82.8 Å². The Morgan fingerprint density at radius 1 is 1.18 bits per heavy atom. The van der Waals surface area contributed by atoms with Crippen LogP contribution in [0.2, 0.25) is 0 Å². The zero-order valence-corrected chi connectivity index (χ0v) is 12.0. The molecule has 3 rings (SSSR count). The van der Waals surface area contributed by atoms with Gasteiger partial charge in [0.2, 0.25) is 11.6 Å². The number of Topliss-reactive ketones (excluding diaryl/α,β-unsaturated/α-hetero) is 1. The lowest BCUT2D eigenvalue weighted by Gasteiger charge is -2.16. The average molecular weight is 300 g/mol. The van der Waals surface area contributed by atoms with E-state index in [0.717, 1.165) is 0 Å². The van der Waals surface area contributed by atoms with Gasteiger partial charge in [0.05, 0.1) is 11.1 Å². The molecular weight excluding hydrogens is 288 g/mol. The molecule has 22 heavy (non-hydrogen) atoms. The minimum absolute atomic E-state index is 0.0149. The first-order valence-electron chi connectivity index (χ1n) is 6.53. The molecule has 2 aromatic rings. The number of ether oxygens (including phenoxy) is 2. The second-order valence-corrected chi connectivity index (χ2v) is 4.80. The van der Waals surface area contributed by atoms with Crippen LogP contribution in [0.15, 0.2) is 28.7 Å². The van der Waals surface area contributed by atoms with Crippen molar-refractivity contribution >= 4 is 17.3 Å². The van der Waals surface area contributed by atoms with Gasteiger partial charge >= 0.3 is 0 Å². The monoisotopic (exact) mass is 300 g/mol. The van der Waals surface area contributed by atoms with Gasteiger partial charge in [-0.2, -0.15) is 0 Å². The molecule has 1 aliphatic carbocycles. The molecule has 0 unspecified atom stereocenters. The first-order chi connectivity index (χ1) is 10.5. The van der Waals surface area contributed by atoms with Crippen LogP contribution in [-0.4, -0.2) is 31.3 Å². The summed E-state index contributed by atoms with van der Waals surface area (Å²) in [6, 6.07) is 6.01. The van der Waals surface area contributed by atoms with Crippen LogP contribution in [0.25, 0.3) is 0 Å². The van der Waals surface area contributed by atoms with Crippen molar-refractivity contribution < 1.29 is 28.3 Å².